The van der Waals surface area contributed by atoms with Crippen LogP contribution in [0.4, 0.5) is 17.1 Å². The van der Waals surface area contributed by atoms with Gasteiger partial charge in [0, 0.05) is 24.1 Å². The minimum atomic E-state index is 0.875. The van der Waals surface area contributed by atoms with E-state index in [1.54, 1.807) is 0 Å². The van der Waals surface area contributed by atoms with Crippen molar-refractivity contribution in [1.29, 1.82) is 0 Å². The fraction of sp³-hybridized carbons (Fsp3) is 0.250. The fourth-order valence-electron chi connectivity index (χ4n) is 2.88. The molecule has 0 spiro atoms. The largest absolute Gasteiger partial charge is 0.398 e. The molecule has 0 bridgehead atoms. The van der Waals surface area contributed by atoms with E-state index in [2.05, 4.69) is 49.2 Å². The first-order valence-corrected chi connectivity index (χ1v) is 6.38. The van der Waals surface area contributed by atoms with Crippen molar-refractivity contribution in [3.63, 3.8) is 0 Å². The second kappa shape index (κ2) is 4.05. The minimum absolute atomic E-state index is 0.875. The lowest BCUT2D eigenvalue weighted by atomic mass is 10.0. The third kappa shape index (κ3) is 1.57. The Hall–Kier alpha value is -1.96. The summed E-state index contributed by atoms with van der Waals surface area (Å²) in [4.78, 5) is 2.28. The lowest BCUT2D eigenvalue weighted by Crippen LogP contribution is -2.13. The number of hydrogen-bond donors (Lipinski definition) is 1. The first-order chi connectivity index (χ1) is 8.68. The van der Waals surface area contributed by atoms with Gasteiger partial charge in [0.05, 0.1) is 0 Å². The van der Waals surface area contributed by atoms with Crippen LogP contribution in [0.1, 0.15) is 16.7 Å². The van der Waals surface area contributed by atoms with Crippen LogP contribution >= 0.6 is 0 Å². The van der Waals surface area contributed by atoms with Gasteiger partial charge in [0.2, 0.25) is 0 Å². The molecule has 0 aromatic heterocycles. The molecular formula is C16H18N2. The van der Waals surface area contributed by atoms with Gasteiger partial charge in [0.25, 0.3) is 0 Å². The second-order valence-corrected chi connectivity index (χ2v) is 4.98. The molecule has 0 unspecified atom stereocenters. The third-order valence-corrected chi connectivity index (χ3v) is 3.91. The van der Waals surface area contributed by atoms with Crippen molar-refractivity contribution in [1.82, 2.24) is 0 Å². The van der Waals surface area contributed by atoms with E-state index in [0.29, 0.717) is 0 Å². The highest BCUT2D eigenvalue weighted by Crippen LogP contribution is 2.38. The van der Waals surface area contributed by atoms with E-state index in [9.17, 15) is 0 Å². The molecule has 0 radical (unpaired) electrons. The highest BCUT2D eigenvalue weighted by molar-refractivity contribution is 5.77. The molecule has 0 fully saturated rings. The number of nitrogens with zero attached hydrogens (tertiary/aromatic N) is 1. The molecule has 2 N–H and O–H groups in total. The Morgan fingerprint density at radius 2 is 1.72 bits per heavy atom. The Morgan fingerprint density at radius 1 is 1.00 bits per heavy atom. The first-order valence-electron chi connectivity index (χ1n) is 6.38. The van der Waals surface area contributed by atoms with Crippen molar-refractivity contribution in [2.75, 3.05) is 17.7 Å². The highest BCUT2D eigenvalue weighted by atomic mass is 15.1. The Bertz CT molecular complexity index is 602. The zero-order valence-corrected chi connectivity index (χ0v) is 10.9. The van der Waals surface area contributed by atoms with Crippen LogP contribution in [0, 0.1) is 6.92 Å². The summed E-state index contributed by atoms with van der Waals surface area (Å²) in [6.45, 7) is 2.11. The van der Waals surface area contributed by atoms with Crippen LogP contribution in [0.5, 0.6) is 0 Å². The number of nitrogen functional groups attached to an aromatic ring is 1. The number of hydrogen-bond acceptors (Lipinski definition) is 2. The van der Waals surface area contributed by atoms with Crippen molar-refractivity contribution in [2.45, 2.75) is 19.8 Å². The molecule has 2 aromatic carbocycles. The average molecular weight is 238 g/mol. The van der Waals surface area contributed by atoms with Crippen molar-refractivity contribution in [3.05, 3.63) is 53.1 Å². The number of anilines is 3. The topological polar surface area (TPSA) is 29.3 Å². The zero-order valence-electron chi connectivity index (χ0n) is 10.9. The summed E-state index contributed by atoms with van der Waals surface area (Å²) >= 11 is 0. The van der Waals surface area contributed by atoms with Gasteiger partial charge in [-0.25, -0.2) is 0 Å². The van der Waals surface area contributed by atoms with E-state index in [4.69, 9.17) is 5.73 Å². The molecule has 1 aliphatic heterocycles. The summed E-state index contributed by atoms with van der Waals surface area (Å²) < 4.78 is 0. The van der Waals surface area contributed by atoms with Gasteiger partial charge < -0.3 is 10.6 Å². The molecule has 92 valence electrons. The second-order valence-electron chi connectivity index (χ2n) is 4.98. The van der Waals surface area contributed by atoms with E-state index >= 15 is 0 Å². The lowest BCUT2D eigenvalue weighted by Gasteiger charge is -2.24. The zero-order chi connectivity index (χ0) is 12.7. The van der Waals surface area contributed by atoms with Crippen LogP contribution in [-0.2, 0) is 12.8 Å². The predicted octanol–water partition coefficient (Wildman–Crippen LogP) is 3.44. The smallest absolute Gasteiger partial charge is 0.0491 e. The summed E-state index contributed by atoms with van der Waals surface area (Å²) in [5.41, 5.74) is 13.5. The van der Waals surface area contributed by atoms with Gasteiger partial charge in [-0.3, -0.25) is 0 Å². The van der Waals surface area contributed by atoms with Gasteiger partial charge in [-0.15, -0.1) is 0 Å². The third-order valence-electron chi connectivity index (χ3n) is 3.91. The van der Waals surface area contributed by atoms with E-state index in [-0.39, 0.29) is 0 Å². The quantitative estimate of drug-likeness (QED) is 0.712. The Morgan fingerprint density at radius 3 is 2.56 bits per heavy atom. The van der Waals surface area contributed by atoms with Crippen LogP contribution in [0.25, 0.3) is 0 Å². The van der Waals surface area contributed by atoms with E-state index < -0.39 is 0 Å². The summed E-state index contributed by atoms with van der Waals surface area (Å²) in [5, 5.41) is 0. The number of fused-ring (bicyclic) bond motifs is 2. The van der Waals surface area contributed by atoms with Crippen LogP contribution in [0.2, 0.25) is 0 Å². The van der Waals surface area contributed by atoms with Crippen molar-refractivity contribution in [2.24, 2.45) is 0 Å². The minimum Gasteiger partial charge on any atom is -0.398 e. The van der Waals surface area contributed by atoms with Gasteiger partial charge in [-0.05, 0) is 48.6 Å². The number of nitrogens with two attached hydrogens (primary N) is 1. The van der Waals surface area contributed by atoms with Crippen LogP contribution in [-0.4, -0.2) is 7.05 Å². The fourth-order valence-corrected chi connectivity index (χ4v) is 2.88. The standard InChI is InChI=1S/C16H18N2/c1-11-14(17)10-9-13-8-7-12-5-3-4-6-15(12)18(2)16(11)13/h3-6,9-10H,7-8,17H2,1-2H3. The first kappa shape index (κ1) is 11.1. The van der Waals surface area contributed by atoms with E-state index in [1.165, 1.54) is 28.1 Å². The van der Waals surface area contributed by atoms with E-state index in [1.807, 2.05) is 6.07 Å². The number of rotatable bonds is 0. The normalized spacial score (nSPS) is 13.8. The molecule has 18 heavy (non-hydrogen) atoms. The maximum absolute atomic E-state index is 6.05. The molecule has 0 saturated heterocycles. The molecular weight excluding hydrogens is 220 g/mol. The molecule has 0 aliphatic carbocycles. The molecule has 2 aromatic rings. The van der Waals surface area contributed by atoms with E-state index in [0.717, 1.165) is 18.5 Å². The molecule has 0 atom stereocenters. The van der Waals surface area contributed by atoms with Crippen molar-refractivity contribution < 1.29 is 0 Å². The Balaban J connectivity index is 2.24. The molecule has 3 rings (SSSR count). The number of para-hydroxylation sites is 1. The average Bonchev–Trinajstić information content (AvgIpc) is 2.53. The molecule has 2 nitrogen and oxygen atoms in total. The molecule has 2 heteroatoms. The molecule has 0 saturated carbocycles. The van der Waals surface area contributed by atoms with Gasteiger partial charge >= 0.3 is 0 Å². The van der Waals surface area contributed by atoms with Gasteiger partial charge in [-0.1, -0.05) is 24.3 Å². The maximum atomic E-state index is 6.05. The monoisotopic (exact) mass is 238 g/mol. The van der Waals surface area contributed by atoms with Crippen molar-refractivity contribution >= 4 is 17.1 Å². The van der Waals surface area contributed by atoms with Crippen LogP contribution in [0.15, 0.2) is 36.4 Å². The lowest BCUT2D eigenvalue weighted by molar-refractivity contribution is 0.976. The van der Waals surface area contributed by atoms with Crippen LogP contribution < -0.4 is 10.6 Å². The summed E-state index contributed by atoms with van der Waals surface area (Å²) in [6.07, 6.45) is 2.18. The summed E-state index contributed by atoms with van der Waals surface area (Å²) in [6, 6.07) is 12.8. The van der Waals surface area contributed by atoms with Gasteiger partial charge in [0.1, 0.15) is 0 Å². The summed E-state index contributed by atoms with van der Waals surface area (Å²) in [5.74, 6) is 0. The van der Waals surface area contributed by atoms with Crippen LogP contribution in [0.3, 0.4) is 0 Å². The number of aryl methyl sites for hydroxylation is 2. The molecule has 0 amide bonds. The maximum Gasteiger partial charge on any atom is 0.0491 e. The number of benzene rings is 2. The molecule has 1 heterocycles. The van der Waals surface area contributed by atoms with Gasteiger partial charge in [-0.2, -0.15) is 0 Å². The highest BCUT2D eigenvalue weighted by Gasteiger charge is 2.19. The molecule has 1 aliphatic rings. The van der Waals surface area contributed by atoms with Gasteiger partial charge in [0.15, 0.2) is 0 Å². The Labute approximate surface area is 108 Å². The summed E-state index contributed by atoms with van der Waals surface area (Å²) in [7, 11) is 2.13. The SMILES string of the molecule is Cc1c(N)ccc2c1N(C)c1ccccc1CC2. The Kier molecular flexibility index (Phi) is 2.51. The predicted molar refractivity (Wildman–Crippen MR) is 77.5 cm³/mol. The van der Waals surface area contributed by atoms with Crippen molar-refractivity contribution in [3.8, 4) is 0 Å².